The number of hydrogen-bond acceptors (Lipinski definition) is 4. The Morgan fingerprint density at radius 2 is 1.79 bits per heavy atom. The van der Waals surface area contributed by atoms with E-state index in [-0.39, 0.29) is 17.9 Å². The summed E-state index contributed by atoms with van der Waals surface area (Å²) < 4.78 is 5.45. The van der Waals surface area contributed by atoms with Crippen LogP contribution >= 0.6 is 0 Å². The van der Waals surface area contributed by atoms with E-state index in [4.69, 9.17) is 4.42 Å². The number of aryl methyl sites for hydroxylation is 1. The Morgan fingerprint density at radius 1 is 1.04 bits per heavy atom. The number of aromatic nitrogens is 1. The third-order valence-corrected chi connectivity index (χ3v) is 4.94. The Balaban J connectivity index is 1.31. The summed E-state index contributed by atoms with van der Waals surface area (Å²) >= 11 is 0. The average Bonchev–Trinajstić information content (AvgIpc) is 3.08. The summed E-state index contributed by atoms with van der Waals surface area (Å²) in [6.45, 7) is 2.90. The van der Waals surface area contributed by atoms with Gasteiger partial charge in [0.15, 0.2) is 11.5 Å². The molecule has 1 aliphatic rings. The first-order valence-corrected chi connectivity index (χ1v) is 9.37. The first-order valence-electron chi connectivity index (χ1n) is 9.37. The Bertz CT molecular complexity index is 991. The number of fused-ring (bicyclic) bond motifs is 1. The zero-order chi connectivity index (χ0) is 19.5. The van der Waals surface area contributed by atoms with E-state index in [1.807, 2.05) is 48.5 Å². The number of nitrogens with one attached hydrogen (secondary N) is 2. The number of amides is 3. The van der Waals surface area contributed by atoms with Gasteiger partial charge in [-0.05, 0) is 43.2 Å². The second-order valence-corrected chi connectivity index (χ2v) is 6.96. The molecule has 4 rings (SSSR count). The number of benzene rings is 2. The number of anilines is 2. The summed E-state index contributed by atoms with van der Waals surface area (Å²) in [7, 11) is 0. The fourth-order valence-corrected chi connectivity index (χ4v) is 3.43. The van der Waals surface area contributed by atoms with Crippen LogP contribution in [0.4, 0.5) is 16.2 Å². The van der Waals surface area contributed by atoms with E-state index in [1.54, 1.807) is 11.8 Å². The molecule has 0 unspecified atom stereocenters. The number of urea groups is 1. The summed E-state index contributed by atoms with van der Waals surface area (Å²) in [5.74, 6) is 0.456. The van der Waals surface area contributed by atoms with Gasteiger partial charge in [0, 0.05) is 37.3 Å². The van der Waals surface area contributed by atoms with Crippen LogP contribution in [0, 0.1) is 12.8 Å². The van der Waals surface area contributed by atoms with Crippen LogP contribution in [0.15, 0.2) is 52.9 Å². The van der Waals surface area contributed by atoms with E-state index >= 15 is 0 Å². The van der Waals surface area contributed by atoms with Gasteiger partial charge in [-0.25, -0.2) is 9.78 Å². The van der Waals surface area contributed by atoms with E-state index < -0.39 is 0 Å². The molecule has 7 heteroatoms. The van der Waals surface area contributed by atoms with Crippen molar-refractivity contribution in [3.8, 4) is 0 Å². The topological polar surface area (TPSA) is 87.5 Å². The minimum Gasteiger partial charge on any atom is -0.441 e. The molecule has 0 spiro atoms. The maximum absolute atomic E-state index is 12.6. The average molecular weight is 378 g/mol. The molecule has 144 valence electrons. The molecular weight excluding hydrogens is 356 g/mol. The van der Waals surface area contributed by atoms with Crippen LogP contribution in [-0.4, -0.2) is 34.9 Å². The fraction of sp³-hybridized carbons (Fsp3) is 0.286. The Kier molecular flexibility index (Phi) is 4.97. The molecular formula is C21H22N4O3. The summed E-state index contributed by atoms with van der Waals surface area (Å²) in [5.41, 5.74) is 2.90. The third kappa shape index (κ3) is 3.98. The van der Waals surface area contributed by atoms with Crippen molar-refractivity contribution in [1.29, 1.82) is 0 Å². The van der Waals surface area contributed by atoms with Crippen LogP contribution in [-0.2, 0) is 4.79 Å². The van der Waals surface area contributed by atoms with Crippen LogP contribution in [0.1, 0.15) is 18.7 Å². The molecule has 2 heterocycles. The smallest absolute Gasteiger partial charge is 0.321 e. The molecule has 28 heavy (non-hydrogen) atoms. The van der Waals surface area contributed by atoms with Crippen LogP contribution in [0.25, 0.3) is 11.1 Å². The first-order chi connectivity index (χ1) is 13.6. The van der Waals surface area contributed by atoms with E-state index in [2.05, 4.69) is 15.6 Å². The van der Waals surface area contributed by atoms with Gasteiger partial charge < -0.3 is 20.0 Å². The molecule has 3 aromatic rings. The number of rotatable bonds is 3. The second kappa shape index (κ2) is 7.72. The fourth-order valence-electron chi connectivity index (χ4n) is 3.43. The zero-order valence-corrected chi connectivity index (χ0v) is 15.6. The summed E-state index contributed by atoms with van der Waals surface area (Å²) in [5, 5.41) is 5.84. The normalized spacial score (nSPS) is 14.8. The number of likely N-dealkylation sites (tertiary alicyclic amines) is 1. The van der Waals surface area contributed by atoms with Gasteiger partial charge in [-0.1, -0.05) is 18.2 Å². The first kappa shape index (κ1) is 18.0. The Morgan fingerprint density at radius 3 is 2.54 bits per heavy atom. The van der Waals surface area contributed by atoms with Crippen molar-refractivity contribution in [3.05, 3.63) is 54.4 Å². The minimum atomic E-state index is -0.128. The third-order valence-electron chi connectivity index (χ3n) is 4.94. The molecule has 0 aliphatic carbocycles. The monoisotopic (exact) mass is 378 g/mol. The van der Waals surface area contributed by atoms with Crippen molar-refractivity contribution in [2.75, 3.05) is 23.7 Å². The SMILES string of the molecule is Cc1nc2cc(NC(=O)C3CCN(C(=O)Nc4ccccc4)CC3)ccc2o1. The van der Waals surface area contributed by atoms with Crippen LogP contribution in [0.2, 0.25) is 0 Å². The highest BCUT2D eigenvalue weighted by molar-refractivity contribution is 5.95. The van der Waals surface area contributed by atoms with E-state index in [9.17, 15) is 9.59 Å². The van der Waals surface area contributed by atoms with Crippen LogP contribution < -0.4 is 10.6 Å². The number of oxazole rings is 1. The predicted molar refractivity (Wildman–Crippen MR) is 107 cm³/mol. The number of para-hydroxylation sites is 1. The minimum absolute atomic E-state index is 0.0253. The Labute approximate surface area is 162 Å². The van der Waals surface area contributed by atoms with Crippen LogP contribution in [0.5, 0.6) is 0 Å². The summed E-state index contributed by atoms with van der Waals surface area (Å²) in [6, 6.07) is 14.7. The lowest BCUT2D eigenvalue weighted by molar-refractivity contribution is -0.121. The van der Waals surface area contributed by atoms with E-state index in [1.165, 1.54) is 0 Å². The quantitative estimate of drug-likeness (QED) is 0.721. The van der Waals surface area contributed by atoms with Crippen molar-refractivity contribution >= 4 is 34.4 Å². The number of piperidine rings is 1. The predicted octanol–water partition coefficient (Wildman–Crippen LogP) is 4.02. The highest BCUT2D eigenvalue weighted by atomic mass is 16.3. The molecule has 7 nitrogen and oxygen atoms in total. The maximum atomic E-state index is 12.6. The molecule has 2 aromatic carbocycles. The lowest BCUT2D eigenvalue weighted by atomic mass is 9.96. The van der Waals surface area contributed by atoms with E-state index in [0.717, 1.165) is 11.2 Å². The molecule has 0 atom stereocenters. The van der Waals surface area contributed by atoms with E-state index in [0.29, 0.717) is 43.1 Å². The van der Waals surface area contributed by atoms with Crippen molar-refractivity contribution < 1.29 is 14.0 Å². The van der Waals surface area contributed by atoms with Gasteiger partial charge in [0.2, 0.25) is 5.91 Å². The van der Waals surface area contributed by atoms with Gasteiger partial charge in [-0.15, -0.1) is 0 Å². The van der Waals surface area contributed by atoms with Gasteiger partial charge >= 0.3 is 6.03 Å². The molecule has 2 N–H and O–H groups in total. The summed E-state index contributed by atoms with van der Waals surface area (Å²) in [4.78, 5) is 31.0. The Hall–Kier alpha value is -3.35. The molecule has 1 aromatic heterocycles. The summed E-state index contributed by atoms with van der Waals surface area (Å²) in [6.07, 6.45) is 1.28. The van der Waals surface area contributed by atoms with Crippen molar-refractivity contribution in [2.45, 2.75) is 19.8 Å². The number of carbonyl (C=O) groups is 2. The lowest BCUT2D eigenvalue weighted by Gasteiger charge is -2.31. The standard InChI is InChI=1S/C21H22N4O3/c1-14-22-18-13-17(7-8-19(18)28-14)23-20(26)15-9-11-25(12-10-15)21(27)24-16-5-3-2-4-6-16/h2-8,13,15H,9-12H2,1H3,(H,23,26)(H,24,27). The largest absolute Gasteiger partial charge is 0.441 e. The van der Waals surface area contributed by atoms with Crippen molar-refractivity contribution in [3.63, 3.8) is 0 Å². The molecule has 1 aliphatic heterocycles. The van der Waals surface area contributed by atoms with Gasteiger partial charge in [0.1, 0.15) is 5.52 Å². The number of nitrogens with zero attached hydrogens (tertiary/aromatic N) is 2. The van der Waals surface area contributed by atoms with Gasteiger partial charge in [0.25, 0.3) is 0 Å². The molecule has 0 radical (unpaired) electrons. The zero-order valence-electron chi connectivity index (χ0n) is 15.6. The molecule has 0 saturated carbocycles. The molecule has 1 fully saturated rings. The molecule has 3 amide bonds. The molecule has 1 saturated heterocycles. The lowest BCUT2D eigenvalue weighted by Crippen LogP contribution is -2.43. The maximum Gasteiger partial charge on any atom is 0.321 e. The van der Waals surface area contributed by atoms with Gasteiger partial charge in [-0.2, -0.15) is 0 Å². The van der Waals surface area contributed by atoms with Crippen molar-refractivity contribution in [2.24, 2.45) is 5.92 Å². The number of carbonyl (C=O) groups excluding carboxylic acids is 2. The highest BCUT2D eigenvalue weighted by Crippen LogP contribution is 2.23. The molecule has 0 bridgehead atoms. The van der Waals surface area contributed by atoms with Crippen LogP contribution in [0.3, 0.4) is 0 Å². The van der Waals surface area contributed by atoms with Gasteiger partial charge in [0.05, 0.1) is 0 Å². The van der Waals surface area contributed by atoms with Gasteiger partial charge in [-0.3, -0.25) is 4.79 Å². The highest BCUT2D eigenvalue weighted by Gasteiger charge is 2.27. The second-order valence-electron chi connectivity index (χ2n) is 6.96. The van der Waals surface area contributed by atoms with Crippen molar-refractivity contribution in [1.82, 2.24) is 9.88 Å². The number of hydrogen-bond donors (Lipinski definition) is 2.